The fraction of sp³-hybridized carbons (Fsp3) is 0.676. The fourth-order valence-corrected chi connectivity index (χ4v) is 6.28. The van der Waals surface area contributed by atoms with Gasteiger partial charge in [0.25, 0.3) is 0 Å². The molecule has 13 heteroatoms. The molecule has 0 spiro atoms. The summed E-state index contributed by atoms with van der Waals surface area (Å²) in [6.45, 7) is 6.61. The van der Waals surface area contributed by atoms with Gasteiger partial charge in [-0.1, -0.05) is 57.5 Å². The van der Waals surface area contributed by atoms with Crippen molar-refractivity contribution in [1.82, 2.24) is 20.4 Å². The molecule has 0 aliphatic carbocycles. The number of hydrogen-bond donors (Lipinski definition) is 3. The average molecular weight is 662 g/mol. The van der Waals surface area contributed by atoms with E-state index in [0.717, 1.165) is 18.4 Å². The minimum absolute atomic E-state index is 0.00794. The van der Waals surface area contributed by atoms with Crippen LogP contribution in [0.4, 0.5) is 0 Å². The van der Waals surface area contributed by atoms with E-state index in [2.05, 4.69) is 10.6 Å². The second-order valence-corrected chi connectivity index (χ2v) is 12.2. The molecule has 7 atom stereocenters. The standard InChI is InChI=1S/C34H55N5O8/c1-7-23(2)31(38(4)30(42)21-36-22-40)28(45-5)20-29(41)39-17-11-15-27(39)32(46-6)24(3)33(43)37-26(34(44)47-18-12-16-35)19-25-13-9-8-10-14-25/h8-10,13-14,22-24,26-28,31-32H,7,11-12,15-21,35H2,1-6H3,(H,36,40)(H,37,43). The second kappa shape index (κ2) is 20.6. The number of esters is 1. The van der Waals surface area contributed by atoms with Crippen molar-refractivity contribution in [2.75, 3.05) is 47.5 Å². The molecule has 1 aliphatic heterocycles. The number of benzene rings is 1. The van der Waals surface area contributed by atoms with Crippen molar-refractivity contribution in [1.29, 1.82) is 0 Å². The van der Waals surface area contributed by atoms with Gasteiger partial charge in [0.2, 0.25) is 24.1 Å². The lowest BCUT2D eigenvalue weighted by Gasteiger charge is -2.39. The maximum absolute atomic E-state index is 13.9. The number of amides is 4. The van der Waals surface area contributed by atoms with E-state index < -0.39 is 36.2 Å². The molecule has 1 heterocycles. The first-order valence-electron chi connectivity index (χ1n) is 16.5. The summed E-state index contributed by atoms with van der Waals surface area (Å²) in [7, 11) is 4.69. The van der Waals surface area contributed by atoms with Crippen LogP contribution >= 0.6 is 0 Å². The smallest absolute Gasteiger partial charge is 0.328 e. The van der Waals surface area contributed by atoms with Crippen LogP contribution in [0.1, 0.15) is 58.4 Å². The van der Waals surface area contributed by atoms with Gasteiger partial charge in [0, 0.05) is 34.2 Å². The van der Waals surface area contributed by atoms with Gasteiger partial charge >= 0.3 is 5.97 Å². The number of hydrogen-bond acceptors (Lipinski definition) is 9. The molecule has 1 aromatic rings. The van der Waals surface area contributed by atoms with E-state index in [4.69, 9.17) is 19.9 Å². The van der Waals surface area contributed by atoms with E-state index in [1.165, 1.54) is 14.2 Å². The van der Waals surface area contributed by atoms with Crippen LogP contribution in [0.2, 0.25) is 0 Å². The van der Waals surface area contributed by atoms with E-state index in [0.29, 0.717) is 32.3 Å². The molecule has 4 N–H and O–H groups in total. The largest absolute Gasteiger partial charge is 0.464 e. The maximum atomic E-state index is 13.9. The zero-order valence-corrected chi connectivity index (χ0v) is 28.8. The van der Waals surface area contributed by atoms with Crippen molar-refractivity contribution in [2.24, 2.45) is 17.6 Å². The van der Waals surface area contributed by atoms with Crippen LogP contribution in [0.3, 0.4) is 0 Å². The predicted molar refractivity (Wildman–Crippen MR) is 177 cm³/mol. The Hall–Kier alpha value is -3.55. The lowest BCUT2D eigenvalue weighted by atomic mass is 9.90. The fourth-order valence-electron chi connectivity index (χ4n) is 6.28. The van der Waals surface area contributed by atoms with Gasteiger partial charge in [-0.15, -0.1) is 0 Å². The summed E-state index contributed by atoms with van der Waals surface area (Å²) in [6, 6.07) is 7.66. The molecule has 1 saturated heterocycles. The highest BCUT2D eigenvalue weighted by atomic mass is 16.5. The molecule has 1 aromatic carbocycles. The summed E-state index contributed by atoms with van der Waals surface area (Å²) in [5.41, 5.74) is 6.42. The summed E-state index contributed by atoms with van der Waals surface area (Å²) in [6.07, 6.45) is 2.13. The molecule has 0 saturated carbocycles. The number of carbonyl (C=O) groups excluding carboxylic acids is 5. The first-order valence-corrected chi connectivity index (χ1v) is 16.5. The van der Waals surface area contributed by atoms with Crippen LogP contribution in [-0.2, 0) is 44.6 Å². The van der Waals surface area contributed by atoms with Crippen LogP contribution in [0, 0.1) is 11.8 Å². The van der Waals surface area contributed by atoms with E-state index in [9.17, 15) is 24.0 Å². The summed E-state index contributed by atoms with van der Waals surface area (Å²) in [5.74, 6) is -2.07. The Morgan fingerprint density at radius 1 is 1.13 bits per heavy atom. The van der Waals surface area contributed by atoms with Crippen molar-refractivity contribution in [3.05, 3.63) is 35.9 Å². The Morgan fingerprint density at radius 3 is 2.43 bits per heavy atom. The normalized spacial score (nSPS) is 18.3. The molecule has 47 heavy (non-hydrogen) atoms. The van der Waals surface area contributed by atoms with E-state index in [1.807, 2.05) is 44.2 Å². The van der Waals surface area contributed by atoms with Crippen molar-refractivity contribution in [3.63, 3.8) is 0 Å². The Kier molecular flexibility index (Phi) is 17.4. The van der Waals surface area contributed by atoms with Gasteiger partial charge in [-0.3, -0.25) is 19.2 Å². The molecule has 0 aromatic heterocycles. The van der Waals surface area contributed by atoms with E-state index >= 15 is 0 Å². The lowest BCUT2D eigenvalue weighted by molar-refractivity contribution is -0.149. The van der Waals surface area contributed by atoms with Crippen molar-refractivity contribution < 1.29 is 38.2 Å². The minimum Gasteiger partial charge on any atom is -0.464 e. The SMILES string of the molecule is CCC(C)C(C(CC(=O)N1CCCC1C(OC)C(C)C(=O)NC(Cc1ccccc1)C(=O)OCCCN)OC)N(C)C(=O)CNC=O. The van der Waals surface area contributed by atoms with Gasteiger partial charge < -0.3 is 40.4 Å². The molecule has 1 aliphatic rings. The molecular formula is C34H55N5O8. The quantitative estimate of drug-likeness (QED) is 0.0998. The minimum atomic E-state index is -0.912. The summed E-state index contributed by atoms with van der Waals surface area (Å²) >= 11 is 0. The van der Waals surface area contributed by atoms with E-state index in [1.54, 1.807) is 23.8 Å². The van der Waals surface area contributed by atoms with Crippen molar-refractivity contribution >= 4 is 30.1 Å². The first-order chi connectivity index (χ1) is 22.5. The number of nitrogens with zero attached hydrogens (tertiary/aromatic N) is 2. The van der Waals surface area contributed by atoms with Gasteiger partial charge in [-0.25, -0.2) is 4.79 Å². The van der Waals surface area contributed by atoms with Gasteiger partial charge in [0.05, 0.1) is 49.8 Å². The van der Waals surface area contributed by atoms with Gasteiger partial charge in [-0.2, -0.15) is 0 Å². The molecule has 4 amide bonds. The number of nitrogens with two attached hydrogens (primary N) is 1. The lowest BCUT2D eigenvalue weighted by Crippen LogP contribution is -2.54. The number of carbonyl (C=O) groups is 5. The number of rotatable bonds is 21. The second-order valence-electron chi connectivity index (χ2n) is 12.2. The molecule has 264 valence electrons. The zero-order chi connectivity index (χ0) is 34.9. The number of ether oxygens (including phenoxy) is 3. The molecular weight excluding hydrogens is 606 g/mol. The predicted octanol–water partition coefficient (Wildman–Crippen LogP) is 1.27. The monoisotopic (exact) mass is 661 g/mol. The van der Waals surface area contributed by atoms with Crippen LogP contribution in [0.5, 0.6) is 0 Å². The third-order valence-corrected chi connectivity index (χ3v) is 9.12. The summed E-state index contributed by atoms with van der Waals surface area (Å²) < 4.78 is 17.1. The Bertz CT molecular complexity index is 1140. The number of methoxy groups -OCH3 is 2. The average Bonchev–Trinajstić information content (AvgIpc) is 3.56. The van der Waals surface area contributed by atoms with Crippen molar-refractivity contribution in [3.8, 4) is 0 Å². The number of likely N-dealkylation sites (N-methyl/N-ethyl adjacent to an activating group) is 1. The summed E-state index contributed by atoms with van der Waals surface area (Å²) in [4.78, 5) is 67.4. The van der Waals surface area contributed by atoms with Crippen LogP contribution in [0.25, 0.3) is 0 Å². The highest BCUT2D eigenvalue weighted by molar-refractivity contribution is 5.86. The van der Waals surface area contributed by atoms with Gasteiger partial charge in [-0.05, 0) is 37.3 Å². The van der Waals surface area contributed by atoms with Gasteiger partial charge in [0.1, 0.15) is 6.04 Å². The molecule has 7 unspecified atom stereocenters. The topological polar surface area (TPSA) is 170 Å². The highest BCUT2D eigenvalue weighted by Crippen LogP contribution is 2.29. The van der Waals surface area contributed by atoms with Crippen LogP contribution < -0.4 is 16.4 Å². The molecule has 0 bridgehead atoms. The third kappa shape index (κ3) is 11.6. The zero-order valence-electron chi connectivity index (χ0n) is 28.8. The van der Waals surface area contributed by atoms with Crippen LogP contribution in [0.15, 0.2) is 30.3 Å². The molecule has 0 radical (unpaired) electrons. The molecule has 2 rings (SSSR count). The van der Waals surface area contributed by atoms with Gasteiger partial charge in [0.15, 0.2) is 0 Å². The summed E-state index contributed by atoms with van der Waals surface area (Å²) in [5, 5.41) is 5.28. The number of likely N-dealkylation sites (tertiary alicyclic amines) is 1. The number of nitrogens with one attached hydrogen (secondary N) is 2. The first kappa shape index (κ1) is 39.6. The highest BCUT2D eigenvalue weighted by Gasteiger charge is 2.42. The Morgan fingerprint density at radius 2 is 1.83 bits per heavy atom. The third-order valence-electron chi connectivity index (χ3n) is 9.12. The Balaban J connectivity index is 2.21. The molecule has 13 nitrogen and oxygen atoms in total. The molecule has 1 fully saturated rings. The van der Waals surface area contributed by atoms with Crippen molar-refractivity contribution in [2.45, 2.75) is 89.6 Å². The van der Waals surface area contributed by atoms with Crippen LogP contribution in [-0.4, -0.2) is 118 Å². The van der Waals surface area contributed by atoms with E-state index in [-0.39, 0.29) is 55.7 Å². The maximum Gasteiger partial charge on any atom is 0.328 e. The Labute approximate surface area is 279 Å².